The molecular formula is C13H17N3O. The van der Waals surface area contributed by atoms with Gasteiger partial charge in [-0.1, -0.05) is 24.3 Å². The van der Waals surface area contributed by atoms with Crippen LogP contribution in [0.2, 0.25) is 0 Å². The third-order valence-electron chi connectivity index (χ3n) is 2.76. The van der Waals surface area contributed by atoms with Crippen molar-refractivity contribution in [2.45, 2.75) is 13.0 Å². The molecule has 90 valence electrons. The highest BCUT2D eigenvalue weighted by atomic mass is 16.5. The SMILES string of the molecule is CCOCC(NN)c1cncc2ccccc12. The zero-order chi connectivity index (χ0) is 12.1. The van der Waals surface area contributed by atoms with Crippen LogP contribution in [0.3, 0.4) is 0 Å². The number of hydrazine groups is 1. The van der Waals surface area contributed by atoms with Crippen LogP contribution in [-0.4, -0.2) is 18.2 Å². The average molecular weight is 231 g/mol. The van der Waals surface area contributed by atoms with Gasteiger partial charge < -0.3 is 4.74 Å². The summed E-state index contributed by atoms with van der Waals surface area (Å²) < 4.78 is 5.42. The predicted molar refractivity (Wildman–Crippen MR) is 68.3 cm³/mol. The van der Waals surface area contributed by atoms with Crippen LogP contribution in [0.15, 0.2) is 36.7 Å². The first-order valence-electron chi connectivity index (χ1n) is 5.73. The van der Waals surface area contributed by atoms with E-state index in [1.807, 2.05) is 37.5 Å². The third kappa shape index (κ3) is 2.61. The van der Waals surface area contributed by atoms with Gasteiger partial charge in [-0.2, -0.15) is 0 Å². The Morgan fingerprint density at radius 3 is 2.94 bits per heavy atom. The Morgan fingerprint density at radius 1 is 1.35 bits per heavy atom. The lowest BCUT2D eigenvalue weighted by Gasteiger charge is -2.17. The molecule has 1 aromatic heterocycles. The Morgan fingerprint density at radius 2 is 2.18 bits per heavy atom. The van der Waals surface area contributed by atoms with Crippen LogP contribution in [0, 0.1) is 0 Å². The number of nitrogens with two attached hydrogens (primary N) is 1. The maximum absolute atomic E-state index is 5.58. The number of nitrogens with zero attached hydrogens (tertiary/aromatic N) is 1. The fourth-order valence-corrected chi connectivity index (χ4v) is 1.88. The van der Waals surface area contributed by atoms with E-state index >= 15 is 0 Å². The molecule has 1 heterocycles. The number of hydrogen-bond donors (Lipinski definition) is 2. The molecule has 0 aliphatic carbocycles. The van der Waals surface area contributed by atoms with E-state index in [4.69, 9.17) is 10.6 Å². The summed E-state index contributed by atoms with van der Waals surface area (Å²) in [6.45, 7) is 3.19. The van der Waals surface area contributed by atoms with Gasteiger partial charge in [-0.3, -0.25) is 16.3 Å². The minimum absolute atomic E-state index is 0.0338. The molecular weight excluding hydrogens is 214 g/mol. The minimum Gasteiger partial charge on any atom is -0.380 e. The highest BCUT2D eigenvalue weighted by Gasteiger charge is 2.12. The van der Waals surface area contributed by atoms with Gasteiger partial charge in [-0.15, -0.1) is 0 Å². The second kappa shape index (κ2) is 5.72. The number of benzene rings is 1. The van der Waals surface area contributed by atoms with Gasteiger partial charge in [0.2, 0.25) is 0 Å². The maximum atomic E-state index is 5.58. The highest BCUT2D eigenvalue weighted by molar-refractivity contribution is 5.85. The first-order valence-corrected chi connectivity index (χ1v) is 5.73. The van der Waals surface area contributed by atoms with Gasteiger partial charge in [-0.25, -0.2) is 0 Å². The van der Waals surface area contributed by atoms with Crippen molar-refractivity contribution in [2.75, 3.05) is 13.2 Å². The summed E-state index contributed by atoms with van der Waals surface area (Å²) in [4.78, 5) is 4.24. The number of rotatable bonds is 5. The topological polar surface area (TPSA) is 60.2 Å². The molecule has 2 aromatic rings. The second-order valence-electron chi connectivity index (χ2n) is 3.83. The highest BCUT2D eigenvalue weighted by Crippen LogP contribution is 2.22. The second-order valence-corrected chi connectivity index (χ2v) is 3.83. The Bertz CT molecular complexity index is 482. The molecule has 1 atom stereocenters. The molecule has 4 nitrogen and oxygen atoms in total. The number of ether oxygens (including phenoxy) is 1. The van der Waals surface area contributed by atoms with E-state index in [1.54, 1.807) is 0 Å². The molecule has 0 bridgehead atoms. The standard InChI is InChI=1S/C13H17N3O/c1-2-17-9-13(16-14)12-8-15-7-10-5-3-4-6-11(10)12/h3-8,13,16H,2,9,14H2,1H3. The lowest BCUT2D eigenvalue weighted by atomic mass is 10.0. The lowest BCUT2D eigenvalue weighted by Crippen LogP contribution is -2.31. The van der Waals surface area contributed by atoms with E-state index in [9.17, 15) is 0 Å². The van der Waals surface area contributed by atoms with Gasteiger partial charge in [0.05, 0.1) is 12.6 Å². The first-order chi connectivity index (χ1) is 8.36. The van der Waals surface area contributed by atoms with Crippen molar-refractivity contribution in [3.05, 3.63) is 42.2 Å². The average Bonchev–Trinajstić information content (AvgIpc) is 2.40. The third-order valence-corrected chi connectivity index (χ3v) is 2.76. The Balaban J connectivity index is 2.38. The van der Waals surface area contributed by atoms with Crippen LogP contribution in [-0.2, 0) is 4.74 Å². The molecule has 0 aliphatic heterocycles. The Kier molecular flexibility index (Phi) is 4.03. The van der Waals surface area contributed by atoms with Crippen LogP contribution in [0.25, 0.3) is 10.8 Å². The Labute approximate surface area is 101 Å². The largest absolute Gasteiger partial charge is 0.380 e. The number of fused-ring (bicyclic) bond motifs is 1. The molecule has 2 rings (SSSR count). The van der Waals surface area contributed by atoms with Crippen molar-refractivity contribution < 1.29 is 4.74 Å². The normalized spacial score (nSPS) is 12.8. The van der Waals surface area contributed by atoms with Crippen LogP contribution < -0.4 is 11.3 Å². The summed E-state index contributed by atoms with van der Waals surface area (Å²) in [7, 11) is 0. The minimum atomic E-state index is -0.0338. The van der Waals surface area contributed by atoms with Crippen molar-refractivity contribution in [3.63, 3.8) is 0 Å². The van der Waals surface area contributed by atoms with Crippen LogP contribution in [0.1, 0.15) is 18.5 Å². The Hall–Kier alpha value is -1.49. The summed E-state index contributed by atoms with van der Waals surface area (Å²) in [5, 5.41) is 2.27. The quantitative estimate of drug-likeness (QED) is 0.608. The van der Waals surface area contributed by atoms with Gasteiger partial charge in [0, 0.05) is 24.4 Å². The smallest absolute Gasteiger partial charge is 0.0714 e. The van der Waals surface area contributed by atoms with E-state index < -0.39 is 0 Å². The van der Waals surface area contributed by atoms with Crippen LogP contribution >= 0.6 is 0 Å². The van der Waals surface area contributed by atoms with Crippen molar-refractivity contribution >= 4 is 10.8 Å². The molecule has 0 saturated heterocycles. The van der Waals surface area contributed by atoms with Gasteiger partial charge in [-0.05, 0) is 17.9 Å². The number of pyridine rings is 1. The fraction of sp³-hybridized carbons (Fsp3) is 0.308. The van der Waals surface area contributed by atoms with Gasteiger partial charge >= 0.3 is 0 Å². The lowest BCUT2D eigenvalue weighted by molar-refractivity contribution is 0.123. The zero-order valence-corrected chi connectivity index (χ0v) is 9.89. The van der Waals surface area contributed by atoms with Crippen molar-refractivity contribution in [1.82, 2.24) is 10.4 Å². The van der Waals surface area contributed by atoms with E-state index in [-0.39, 0.29) is 6.04 Å². The van der Waals surface area contributed by atoms with Crippen molar-refractivity contribution in [1.29, 1.82) is 0 Å². The molecule has 0 amide bonds. The van der Waals surface area contributed by atoms with Gasteiger partial charge in [0.15, 0.2) is 0 Å². The molecule has 0 radical (unpaired) electrons. The monoisotopic (exact) mass is 231 g/mol. The van der Waals surface area contributed by atoms with Crippen molar-refractivity contribution in [3.8, 4) is 0 Å². The molecule has 3 N–H and O–H groups in total. The van der Waals surface area contributed by atoms with Gasteiger partial charge in [0.1, 0.15) is 0 Å². The van der Waals surface area contributed by atoms with Crippen molar-refractivity contribution in [2.24, 2.45) is 5.84 Å². The fourth-order valence-electron chi connectivity index (χ4n) is 1.88. The first kappa shape index (κ1) is 12.0. The molecule has 1 unspecified atom stereocenters. The van der Waals surface area contributed by atoms with E-state index in [1.165, 1.54) is 0 Å². The molecule has 1 aromatic carbocycles. The summed E-state index contributed by atoms with van der Waals surface area (Å²) in [5.41, 5.74) is 3.85. The number of aromatic nitrogens is 1. The summed E-state index contributed by atoms with van der Waals surface area (Å²) in [6.07, 6.45) is 3.69. The molecule has 4 heteroatoms. The van der Waals surface area contributed by atoms with E-state index in [0.29, 0.717) is 13.2 Å². The number of hydrogen-bond acceptors (Lipinski definition) is 4. The summed E-state index contributed by atoms with van der Waals surface area (Å²) in [5.74, 6) is 5.58. The number of nitrogens with one attached hydrogen (secondary N) is 1. The predicted octanol–water partition coefficient (Wildman–Crippen LogP) is 1.78. The zero-order valence-electron chi connectivity index (χ0n) is 9.89. The van der Waals surface area contributed by atoms with E-state index in [2.05, 4.69) is 16.5 Å². The maximum Gasteiger partial charge on any atom is 0.0714 e. The summed E-state index contributed by atoms with van der Waals surface area (Å²) >= 11 is 0. The molecule has 0 fully saturated rings. The summed E-state index contributed by atoms with van der Waals surface area (Å²) in [6, 6.07) is 8.10. The van der Waals surface area contributed by atoms with Gasteiger partial charge in [0.25, 0.3) is 0 Å². The molecule has 0 spiro atoms. The van der Waals surface area contributed by atoms with Crippen LogP contribution in [0.5, 0.6) is 0 Å². The molecule has 0 aliphatic rings. The van der Waals surface area contributed by atoms with Crippen LogP contribution in [0.4, 0.5) is 0 Å². The molecule has 0 saturated carbocycles. The van der Waals surface area contributed by atoms with E-state index in [0.717, 1.165) is 16.3 Å². The molecule has 17 heavy (non-hydrogen) atoms.